The maximum atomic E-state index is 13.5. The molecule has 0 atom stereocenters. The Labute approximate surface area is 179 Å². The molecule has 156 valence electrons. The van der Waals surface area contributed by atoms with E-state index in [1.165, 1.54) is 0 Å². The molecule has 0 N–H and O–H groups in total. The van der Waals surface area contributed by atoms with Crippen molar-refractivity contribution in [3.05, 3.63) is 65.6 Å². The minimum atomic E-state index is -0.0410. The molecule has 1 amide bonds. The largest absolute Gasteiger partial charge is 0.337 e. The fourth-order valence-electron chi connectivity index (χ4n) is 3.87. The zero-order valence-electron chi connectivity index (χ0n) is 17.4. The smallest absolute Gasteiger partial charge is 0.259 e. The van der Waals surface area contributed by atoms with Gasteiger partial charge in [-0.1, -0.05) is 35.0 Å². The van der Waals surface area contributed by atoms with Gasteiger partial charge in [0.15, 0.2) is 0 Å². The first-order chi connectivity index (χ1) is 15.1. The monoisotopic (exact) mass is 414 g/mol. The van der Waals surface area contributed by atoms with Gasteiger partial charge in [0.05, 0.1) is 22.3 Å². The number of nitrogens with zero attached hydrogens (tertiary/aromatic N) is 6. The molecule has 8 heteroatoms. The average molecular weight is 414 g/mol. The first-order valence-corrected chi connectivity index (χ1v) is 10.3. The van der Waals surface area contributed by atoms with Gasteiger partial charge < -0.3 is 14.3 Å². The Bertz CT molecular complexity index is 1230. The quantitative estimate of drug-likeness (QED) is 0.508. The summed E-state index contributed by atoms with van der Waals surface area (Å²) in [5, 5.41) is 4.73. The number of anilines is 1. The molecule has 1 aliphatic rings. The third-order valence-electron chi connectivity index (χ3n) is 5.60. The molecule has 4 aromatic rings. The van der Waals surface area contributed by atoms with Crippen LogP contribution in [0, 0.1) is 13.8 Å². The van der Waals surface area contributed by atoms with Crippen LogP contribution >= 0.6 is 0 Å². The van der Waals surface area contributed by atoms with Gasteiger partial charge in [-0.15, -0.1) is 0 Å². The Kier molecular flexibility index (Phi) is 4.82. The molecule has 3 aromatic heterocycles. The van der Waals surface area contributed by atoms with Crippen LogP contribution < -0.4 is 4.90 Å². The van der Waals surface area contributed by atoms with E-state index in [9.17, 15) is 4.79 Å². The van der Waals surface area contributed by atoms with Crippen molar-refractivity contribution in [1.82, 2.24) is 25.0 Å². The number of carbonyl (C=O) groups is 1. The Morgan fingerprint density at radius 1 is 1.00 bits per heavy atom. The Balaban J connectivity index is 1.45. The number of carbonyl (C=O) groups excluding carboxylic acids is 1. The molecular formula is C23H22N6O2. The van der Waals surface area contributed by atoms with Crippen molar-refractivity contribution in [2.45, 2.75) is 13.8 Å². The predicted molar refractivity (Wildman–Crippen MR) is 117 cm³/mol. The van der Waals surface area contributed by atoms with E-state index in [-0.39, 0.29) is 5.91 Å². The van der Waals surface area contributed by atoms with Crippen LogP contribution in [-0.2, 0) is 0 Å². The molecule has 0 saturated carbocycles. The molecule has 1 fully saturated rings. The van der Waals surface area contributed by atoms with Crippen molar-refractivity contribution in [1.29, 1.82) is 0 Å². The zero-order valence-corrected chi connectivity index (χ0v) is 17.4. The highest BCUT2D eigenvalue weighted by molar-refractivity contribution is 6.07. The van der Waals surface area contributed by atoms with Gasteiger partial charge in [-0.25, -0.2) is 15.0 Å². The Hall–Kier alpha value is -3.81. The summed E-state index contributed by atoms with van der Waals surface area (Å²) in [7, 11) is 0. The van der Waals surface area contributed by atoms with Crippen LogP contribution in [0.5, 0.6) is 0 Å². The van der Waals surface area contributed by atoms with E-state index in [2.05, 4.69) is 25.0 Å². The SMILES string of the molecule is Cc1ccc(-c2cc(C(=O)N3CCN(c4ncccn4)CC3)c3c(C)noc3n2)cc1. The lowest BCUT2D eigenvalue weighted by atomic mass is 10.0. The highest BCUT2D eigenvalue weighted by Crippen LogP contribution is 2.28. The summed E-state index contributed by atoms with van der Waals surface area (Å²) < 4.78 is 5.43. The molecule has 0 spiro atoms. The summed E-state index contributed by atoms with van der Waals surface area (Å²) >= 11 is 0. The van der Waals surface area contributed by atoms with Gasteiger partial charge in [-0.2, -0.15) is 0 Å². The van der Waals surface area contributed by atoms with Crippen molar-refractivity contribution in [2.24, 2.45) is 0 Å². The number of pyridine rings is 1. The van der Waals surface area contributed by atoms with Crippen molar-refractivity contribution < 1.29 is 9.32 Å². The maximum Gasteiger partial charge on any atom is 0.259 e. The molecule has 0 aliphatic carbocycles. The average Bonchev–Trinajstić information content (AvgIpc) is 3.20. The van der Waals surface area contributed by atoms with E-state index in [0.717, 1.165) is 11.1 Å². The normalized spacial score (nSPS) is 14.3. The zero-order chi connectivity index (χ0) is 21.4. The number of fused-ring (bicyclic) bond motifs is 1. The summed E-state index contributed by atoms with van der Waals surface area (Å²) in [4.78, 5) is 30.7. The second-order valence-corrected chi connectivity index (χ2v) is 7.70. The second kappa shape index (κ2) is 7.79. The molecule has 4 heterocycles. The first kappa shape index (κ1) is 19.2. The number of piperazine rings is 1. The van der Waals surface area contributed by atoms with Gasteiger partial charge >= 0.3 is 0 Å². The van der Waals surface area contributed by atoms with Crippen LogP contribution in [0.25, 0.3) is 22.4 Å². The van der Waals surface area contributed by atoms with E-state index >= 15 is 0 Å². The fourth-order valence-corrected chi connectivity index (χ4v) is 3.87. The molecule has 5 rings (SSSR count). The Morgan fingerprint density at radius 2 is 1.71 bits per heavy atom. The topological polar surface area (TPSA) is 88.3 Å². The molecule has 8 nitrogen and oxygen atoms in total. The summed E-state index contributed by atoms with van der Waals surface area (Å²) in [5.74, 6) is 0.651. The third kappa shape index (κ3) is 3.61. The predicted octanol–water partition coefficient (Wildman–Crippen LogP) is 3.26. The van der Waals surface area contributed by atoms with E-state index in [1.807, 2.05) is 49.1 Å². The van der Waals surface area contributed by atoms with Crippen molar-refractivity contribution in [2.75, 3.05) is 31.1 Å². The second-order valence-electron chi connectivity index (χ2n) is 7.70. The molecular weight excluding hydrogens is 392 g/mol. The highest BCUT2D eigenvalue weighted by atomic mass is 16.5. The number of aromatic nitrogens is 4. The van der Waals surface area contributed by atoms with Crippen LogP contribution in [0.15, 0.2) is 53.3 Å². The maximum absolute atomic E-state index is 13.5. The highest BCUT2D eigenvalue weighted by Gasteiger charge is 2.27. The Morgan fingerprint density at radius 3 is 2.42 bits per heavy atom. The van der Waals surface area contributed by atoms with Crippen LogP contribution in [0.3, 0.4) is 0 Å². The summed E-state index contributed by atoms with van der Waals surface area (Å²) in [6, 6.07) is 11.7. The minimum Gasteiger partial charge on any atom is -0.337 e. The van der Waals surface area contributed by atoms with Gasteiger partial charge in [-0.05, 0) is 26.0 Å². The van der Waals surface area contributed by atoms with Crippen LogP contribution in [-0.4, -0.2) is 57.1 Å². The van der Waals surface area contributed by atoms with E-state index in [1.54, 1.807) is 18.5 Å². The summed E-state index contributed by atoms with van der Waals surface area (Å²) in [5.41, 5.74) is 4.42. The standard InChI is InChI=1S/C23H22N6O2/c1-15-4-6-17(7-5-15)19-14-18(20-16(2)27-31-21(20)26-19)22(30)28-10-12-29(13-11-28)23-24-8-3-9-25-23/h3-9,14H,10-13H2,1-2H3. The molecule has 1 aromatic carbocycles. The number of rotatable bonds is 3. The number of hydrogen-bond acceptors (Lipinski definition) is 7. The molecule has 0 unspecified atom stereocenters. The van der Waals surface area contributed by atoms with Crippen molar-refractivity contribution in [3.63, 3.8) is 0 Å². The van der Waals surface area contributed by atoms with Gasteiger partial charge in [0.1, 0.15) is 0 Å². The lowest BCUT2D eigenvalue weighted by molar-refractivity contribution is 0.0748. The molecule has 0 bridgehead atoms. The van der Waals surface area contributed by atoms with Crippen LogP contribution in [0.1, 0.15) is 21.6 Å². The molecule has 1 saturated heterocycles. The van der Waals surface area contributed by atoms with Gasteiger partial charge in [-0.3, -0.25) is 4.79 Å². The summed E-state index contributed by atoms with van der Waals surface area (Å²) in [6.07, 6.45) is 3.46. The molecule has 31 heavy (non-hydrogen) atoms. The molecule has 0 radical (unpaired) electrons. The van der Waals surface area contributed by atoms with E-state index in [4.69, 9.17) is 4.52 Å². The van der Waals surface area contributed by atoms with Gasteiger partial charge in [0, 0.05) is 44.1 Å². The van der Waals surface area contributed by atoms with E-state index < -0.39 is 0 Å². The number of amides is 1. The minimum absolute atomic E-state index is 0.0410. The number of hydrogen-bond donors (Lipinski definition) is 0. The van der Waals surface area contributed by atoms with Crippen LogP contribution in [0.2, 0.25) is 0 Å². The van der Waals surface area contributed by atoms with Gasteiger partial charge in [0.25, 0.3) is 11.6 Å². The first-order valence-electron chi connectivity index (χ1n) is 10.3. The van der Waals surface area contributed by atoms with Crippen molar-refractivity contribution in [3.8, 4) is 11.3 Å². The van der Waals surface area contributed by atoms with Gasteiger partial charge in [0.2, 0.25) is 5.95 Å². The number of benzene rings is 1. The fraction of sp³-hybridized carbons (Fsp3) is 0.261. The van der Waals surface area contributed by atoms with E-state index in [0.29, 0.717) is 60.2 Å². The van der Waals surface area contributed by atoms with Crippen molar-refractivity contribution >= 4 is 23.0 Å². The lowest BCUT2D eigenvalue weighted by Gasteiger charge is -2.34. The third-order valence-corrected chi connectivity index (χ3v) is 5.60. The summed E-state index contributed by atoms with van der Waals surface area (Å²) in [6.45, 7) is 6.40. The van der Waals surface area contributed by atoms with Crippen LogP contribution in [0.4, 0.5) is 5.95 Å². The molecule has 1 aliphatic heterocycles. The number of aryl methyl sites for hydroxylation is 2. The lowest BCUT2D eigenvalue weighted by Crippen LogP contribution is -2.49.